The second kappa shape index (κ2) is 9.62. The number of amides is 1. The highest BCUT2D eigenvalue weighted by atomic mass is 32.2. The summed E-state index contributed by atoms with van der Waals surface area (Å²) in [7, 11) is -0.597. The number of anilines is 1. The fraction of sp³-hybridized carbons (Fsp3) is 0.333. The van der Waals surface area contributed by atoms with Crippen molar-refractivity contribution in [3.63, 3.8) is 0 Å². The fourth-order valence-corrected chi connectivity index (χ4v) is 3.97. The second-order valence-corrected chi connectivity index (χ2v) is 8.72. The van der Waals surface area contributed by atoms with Crippen LogP contribution in [0.15, 0.2) is 41.5 Å². The quantitative estimate of drug-likeness (QED) is 0.510. The van der Waals surface area contributed by atoms with E-state index in [9.17, 15) is 13.2 Å². The van der Waals surface area contributed by atoms with Crippen LogP contribution in [-0.4, -0.2) is 47.1 Å². The monoisotopic (exact) mass is 433 g/mol. The normalized spacial score (nSPS) is 11.7. The number of hydrogen-bond acceptors (Lipinski definition) is 6. The molecule has 0 fully saturated rings. The number of hydrogen-bond donors (Lipinski definition) is 1. The Morgan fingerprint density at radius 3 is 2.20 bits per heavy atom. The zero-order valence-electron chi connectivity index (χ0n) is 18.0. The molecule has 9 heteroatoms. The van der Waals surface area contributed by atoms with Crippen molar-refractivity contribution in [2.75, 3.05) is 31.3 Å². The summed E-state index contributed by atoms with van der Waals surface area (Å²) < 4.78 is 36.3. The molecule has 30 heavy (non-hydrogen) atoms. The van der Waals surface area contributed by atoms with Gasteiger partial charge in [-0.05, 0) is 50.1 Å². The van der Waals surface area contributed by atoms with Gasteiger partial charge in [-0.2, -0.15) is 5.10 Å². The highest BCUT2D eigenvalue weighted by Gasteiger charge is 2.23. The molecule has 1 amide bonds. The molecule has 0 bridgehead atoms. The SMILES string of the molecule is COc1ccc(/C(C)=N\NC(=O)CN(c2c(C)cccc2C)S(C)(=O)=O)cc1OC. The smallest absolute Gasteiger partial charge is 0.260 e. The summed E-state index contributed by atoms with van der Waals surface area (Å²) in [6.45, 7) is 4.95. The molecule has 0 atom stereocenters. The van der Waals surface area contributed by atoms with E-state index in [-0.39, 0.29) is 6.54 Å². The van der Waals surface area contributed by atoms with Crippen molar-refractivity contribution in [2.45, 2.75) is 20.8 Å². The average Bonchev–Trinajstić information content (AvgIpc) is 2.69. The van der Waals surface area contributed by atoms with Gasteiger partial charge in [0, 0.05) is 5.56 Å². The van der Waals surface area contributed by atoms with Crippen LogP contribution in [0.5, 0.6) is 11.5 Å². The fourth-order valence-electron chi connectivity index (χ4n) is 3.00. The van der Waals surface area contributed by atoms with Crippen LogP contribution in [-0.2, 0) is 14.8 Å². The molecule has 0 aliphatic heterocycles. The first-order chi connectivity index (χ1) is 14.1. The van der Waals surface area contributed by atoms with Gasteiger partial charge < -0.3 is 9.47 Å². The molecular weight excluding hydrogens is 406 g/mol. The van der Waals surface area contributed by atoms with E-state index in [4.69, 9.17) is 9.47 Å². The molecule has 0 aliphatic carbocycles. The second-order valence-electron chi connectivity index (χ2n) is 6.81. The predicted octanol–water partition coefficient (Wildman–Crippen LogP) is 2.63. The minimum Gasteiger partial charge on any atom is -0.493 e. The maximum Gasteiger partial charge on any atom is 0.260 e. The van der Waals surface area contributed by atoms with Crippen molar-refractivity contribution >= 4 is 27.3 Å². The Bertz CT molecular complexity index is 1040. The summed E-state index contributed by atoms with van der Waals surface area (Å²) in [5.41, 5.74) is 5.70. The van der Waals surface area contributed by atoms with Crippen LogP contribution in [0, 0.1) is 13.8 Å². The third kappa shape index (κ3) is 5.50. The zero-order chi connectivity index (χ0) is 22.5. The molecule has 2 aromatic carbocycles. The number of rotatable bonds is 8. The number of sulfonamides is 1. The average molecular weight is 434 g/mol. The molecule has 0 heterocycles. The summed E-state index contributed by atoms with van der Waals surface area (Å²) in [6, 6.07) is 10.7. The largest absolute Gasteiger partial charge is 0.493 e. The third-order valence-corrected chi connectivity index (χ3v) is 5.64. The van der Waals surface area contributed by atoms with Crippen LogP contribution in [0.1, 0.15) is 23.6 Å². The number of para-hydroxylation sites is 1. The van der Waals surface area contributed by atoms with E-state index in [1.807, 2.05) is 6.07 Å². The van der Waals surface area contributed by atoms with Crippen molar-refractivity contribution in [3.8, 4) is 11.5 Å². The number of ether oxygens (including phenoxy) is 2. The van der Waals surface area contributed by atoms with E-state index in [1.165, 1.54) is 7.11 Å². The first kappa shape index (κ1) is 23.2. The number of methoxy groups -OCH3 is 2. The summed E-state index contributed by atoms with van der Waals surface area (Å²) in [4.78, 5) is 12.5. The van der Waals surface area contributed by atoms with Crippen LogP contribution >= 0.6 is 0 Å². The van der Waals surface area contributed by atoms with Gasteiger partial charge in [0.25, 0.3) is 5.91 Å². The van der Waals surface area contributed by atoms with E-state index in [1.54, 1.807) is 58.2 Å². The molecule has 0 saturated heterocycles. The van der Waals surface area contributed by atoms with E-state index in [0.717, 1.165) is 27.3 Å². The topological polar surface area (TPSA) is 97.3 Å². The Morgan fingerprint density at radius 2 is 1.67 bits per heavy atom. The lowest BCUT2D eigenvalue weighted by atomic mass is 10.1. The first-order valence-electron chi connectivity index (χ1n) is 9.18. The van der Waals surface area contributed by atoms with Crippen LogP contribution in [0.25, 0.3) is 0 Å². The van der Waals surface area contributed by atoms with Gasteiger partial charge >= 0.3 is 0 Å². The number of carbonyl (C=O) groups excluding carboxylic acids is 1. The van der Waals surface area contributed by atoms with E-state index in [2.05, 4.69) is 10.5 Å². The molecule has 1 N–H and O–H groups in total. The van der Waals surface area contributed by atoms with E-state index >= 15 is 0 Å². The maximum atomic E-state index is 12.5. The standard InChI is InChI=1S/C21H27N3O5S/c1-14-8-7-9-15(2)21(14)24(30(6,26)27)13-20(25)23-22-16(3)17-10-11-18(28-4)19(12-17)29-5/h7-12H,13H2,1-6H3,(H,23,25)/b22-16-. The van der Waals surface area contributed by atoms with Crippen molar-refractivity contribution in [3.05, 3.63) is 53.1 Å². The molecular formula is C21H27N3O5S. The molecule has 2 rings (SSSR count). The van der Waals surface area contributed by atoms with Crippen LogP contribution in [0.3, 0.4) is 0 Å². The number of carbonyl (C=O) groups is 1. The number of aryl methyl sites for hydroxylation is 2. The Balaban J connectivity index is 2.22. The third-order valence-electron chi connectivity index (χ3n) is 4.53. The highest BCUT2D eigenvalue weighted by Crippen LogP contribution is 2.28. The highest BCUT2D eigenvalue weighted by molar-refractivity contribution is 7.92. The molecule has 0 saturated carbocycles. The number of hydrazone groups is 1. The van der Waals surface area contributed by atoms with Gasteiger partial charge in [-0.1, -0.05) is 18.2 Å². The predicted molar refractivity (Wildman–Crippen MR) is 118 cm³/mol. The number of benzene rings is 2. The van der Waals surface area contributed by atoms with Crippen molar-refractivity contribution in [2.24, 2.45) is 5.10 Å². The van der Waals surface area contributed by atoms with Crippen LogP contribution in [0.4, 0.5) is 5.69 Å². The van der Waals surface area contributed by atoms with E-state index in [0.29, 0.717) is 22.9 Å². The molecule has 0 spiro atoms. The minimum absolute atomic E-state index is 0.382. The molecule has 2 aromatic rings. The van der Waals surface area contributed by atoms with E-state index < -0.39 is 15.9 Å². The van der Waals surface area contributed by atoms with Crippen molar-refractivity contribution in [1.82, 2.24) is 5.43 Å². The Morgan fingerprint density at radius 1 is 1.07 bits per heavy atom. The molecule has 0 radical (unpaired) electrons. The van der Waals surface area contributed by atoms with Gasteiger partial charge in [0.05, 0.1) is 31.9 Å². The number of nitrogens with zero attached hydrogens (tertiary/aromatic N) is 2. The lowest BCUT2D eigenvalue weighted by Crippen LogP contribution is -2.40. The Labute approximate surface area is 177 Å². The van der Waals surface area contributed by atoms with Gasteiger partial charge in [-0.15, -0.1) is 0 Å². The molecule has 162 valence electrons. The summed E-state index contributed by atoms with van der Waals surface area (Å²) in [5.74, 6) is 0.563. The van der Waals surface area contributed by atoms with Crippen LogP contribution in [0.2, 0.25) is 0 Å². The van der Waals surface area contributed by atoms with Gasteiger partial charge in [0.15, 0.2) is 11.5 Å². The lowest BCUT2D eigenvalue weighted by molar-refractivity contribution is -0.119. The zero-order valence-corrected chi connectivity index (χ0v) is 18.8. The van der Waals surface area contributed by atoms with Gasteiger partial charge in [-0.25, -0.2) is 13.8 Å². The molecule has 8 nitrogen and oxygen atoms in total. The molecule has 0 aliphatic rings. The molecule has 0 unspecified atom stereocenters. The summed E-state index contributed by atoms with van der Waals surface area (Å²) in [5, 5.41) is 4.10. The van der Waals surface area contributed by atoms with Crippen molar-refractivity contribution < 1.29 is 22.7 Å². The van der Waals surface area contributed by atoms with Crippen LogP contribution < -0.4 is 19.2 Å². The molecule has 0 aromatic heterocycles. The minimum atomic E-state index is -3.67. The van der Waals surface area contributed by atoms with Gasteiger partial charge in [-0.3, -0.25) is 9.10 Å². The lowest BCUT2D eigenvalue weighted by Gasteiger charge is -2.25. The summed E-state index contributed by atoms with van der Waals surface area (Å²) >= 11 is 0. The Hall–Kier alpha value is -3.07. The number of nitrogens with one attached hydrogen (secondary N) is 1. The maximum absolute atomic E-state index is 12.5. The van der Waals surface area contributed by atoms with Gasteiger partial charge in [0.1, 0.15) is 6.54 Å². The van der Waals surface area contributed by atoms with Crippen molar-refractivity contribution in [1.29, 1.82) is 0 Å². The first-order valence-corrected chi connectivity index (χ1v) is 11.0. The van der Waals surface area contributed by atoms with Gasteiger partial charge in [0.2, 0.25) is 10.0 Å². The summed E-state index contributed by atoms with van der Waals surface area (Å²) in [6.07, 6.45) is 1.07. The Kier molecular flexibility index (Phi) is 7.44.